The zero-order valence-electron chi connectivity index (χ0n) is 31.7. The standard InChI is InChI=1S/C55H41N/c1-55(2)52-29-13-11-27-50(52)51-32-31-45(37-53(51)55)56(46-35-43(38-17-5-3-6-18-38)34-44(36-46)39-19-7-4-8-20-39)54-30-14-12-26-49(54)42-24-15-23-41(33-42)48-28-16-22-40-21-9-10-25-47(40)48/h3-37H,1-2H3. The second-order valence-electron chi connectivity index (χ2n) is 15.4. The van der Waals surface area contributed by atoms with Gasteiger partial charge in [-0.1, -0.05) is 184 Å². The molecule has 0 heterocycles. The summed E-state index contributed by atoms with van der Waals surface area (Å²) < 4.78 is 0. The van der Waals surface area contributed by atoms with Crippen molar-refractivity contribution in [3.05, 3.63) is 223 Å². The average molecular weight is 716 g/mol. The highest BCUT2D eigenvalue weighted by molar-refractivity contribution is 5.98. The highest BCUT2D eigenvalue weighted by atomic mass is 15.1. The van der Waals surface area contributed by atoms with Gasteiger partial charge in [-0.15, -0.1) is 0 Å². The summed E-state index contributed by atoms with van der Waals surface area (Å²) in [5.41, 5.74) is 18.1. The second-order valence-corrected chi connectivity index (χ2v) is 15.4. The number of hydrogen-bond donors (Lipinski definition) is 0. The van der Waals surface area contributed by atoms with Crippen LogP contribution < -0.4 is 4.90 Å². The van der Waals surface area contributed by atoms with Gasteiger partial charge in [0.25, 0.3) is 0 Å². The van der Waals surface area contributed by atoms with Crippen molar-refractivity contribution >= 4 is 27.8 Å². The van der Waals surface area contributed by atoms with Crippen LogP contribution in [-0.4, -0.2) is 0 Å². The quantitative estimate of drug-likeness (QED) is 0.159. The van der Waals surface area contributed by atoms with Gasteiger partial charge in [-0.3, -0.25) is 0 Å². The molecule has 266 valence electrons. The molecule has 0 aromatic heterocycles. The fraction of sp³-hybridized carbons (Fsp3) is 0.0545. The van der Waals surface area contributed by atoms with E-state index >= 15 is 0 Å². The van der Waals surface area contributed by atoms with Crippen LogP contribution in [0, 0.1) is 0 Å². The zero-order chi connectivity index (χ0) is 37.6. The lowest BCUT2D eigenvalue weighted by molar-refractivity contribution is 0.660. The number of rotatable bonds is 7. The van der Waals surface area contributed by atoms with Crippen molar-refractivity contribution in [1.82, 2.24) is 0 Å². The Kier molecular flexibility index (Phi) is 8.23. The van der Waals surface area contributed by atoms with Crippen LogP contribution in [0.2, 0.25) is 0 Å². The Bertz CT molecular complexity index is 2820. The van der Waals surface area contributed by atoms with Gasteiger partial charge in [0.15, 0.2) is 0 Å². The molecule has 0 fully saturated rings. The Labute approximate surface area is 329 Å². The highest BCUT2D eigenvalue weighted by Gasteiger charge is 2.36. The van der Waals surface area contributed by atoms with E-state index in [9.17, 15) is 0 Å². The SMILES string of the molecule is CC1(C)c2ccccc2-c2ccc(N(c3cc(-c4ccccc4)cc(-c4ccccc4)c3)c3ccccc3-c3cccc(-c4cccc5ccccc45)c3)cc21. The monoisotopic (exact) mass is 715 g/mol. The van der Waals surface area contributed by atoms with Crippen LogP contribution in [-0.2, 0) is 5.41 Å². The van der Waals surface area contributed by atoms with Crippen LogP contribution >= 0.6 is 0 Å². The predicted molar refractivity (Wildman–Crippen MR) is 238 cm³/mol. The lowest BCUT2D eigenvalue weighted by atomic mass is 9.82. The molecule has 9 aromatic rings. The van der Waals surface area contributed by atoms with Crippen molar-refractivity contribution in [2.24, 2.45) is 0 Å². The molecule has 10 rings (SSSR count). The molecule has 1 nitrogen and oxygen atoms in total. The van der Waals surface area contributed by atoms with E-state index in [1.807, 2.05) is 0 Å². The largest absolute Gasteiger partial charge is 0.310 e. The van der Waals surface area contributed by atoms with Gasteiger partial charge in [0.1, 0.15) is 0 Å². The molecule has 1 heteroatoms. The minimum absolute atomic E-state index is 0.138. The number of benzene rings is 9. The summed E-state index contributed by atoms with van der Waals surface area (Å²) in [5, 5.41) is 2.51. The maximum atomic E-state index is 2.48. The lowest BCUT2D eigenvalue weighted by Gasteiger charge is -2.30. The van der Waals surface area contributed by atoms with Crippen LogP contribution in [0.3, 0.4) is 0 Å². The predicted octanol–water partition coefficient (Wildman–Crippen LogP) is 15.3. The number of hydrogen-bond acceptors (Lipinski definition) is 1. The van der Waals surface area contributed by atoms with E-state index in [1.54, 1.807) is 0 Å². The summed E-state index contributed by atoms with van der Waals surface area (Å²) in [7, 11) is 0. The highest BCUT2D eigenvalue weighted by Crippen LogP contribution is 2.52. The van der Waals surface area contributed by atoms with Crippen molar-refractivity contribution in [3.8, 4) is 55.6 Å². The topological polar surface area (TPSA) is 3.24 Å². The van der Waals surface area contributed by atoms with E-state index in [0.29, 0.717) is 0 Å². The molecule has 0 unspecified atom stereocenters. The summed E-state index contributed by atoms with van der Waals surface area (Å²) in [6, 6.07) is 77.8. The van der Waals surface area contributed by atoms with Crippen LogP contribution in [0.4, 0.5) is 17.1 Å². The molecule has 0 spiro atoms. The van der Waals surface area contributed by atoms with E-state index < -0.39 is 0 Å². The van der Waals surface area contributed by atoms with E-state index in [1.165, 1.54) is 77.5 Å². The molecule has 1 aliphatic carbocycles. The van der Waals surface area contributed by atoms with Crippen molar-refractivity contribution in [3.63, 3.8) is 0 Å². The normalized spacial score (nSPS) is 12.6. The fourth-order valence-electron chi connectivity index (χ4n) is 8.84. The molecule has 0 atom stereocenters. The van der Waals surface area contributed by atoms with Gasteiger partial charge in [0.2, 0.25) is 0 Å². The van der Waals surface area contributed by atoms with Crippen molar-refractivity contribution in [2.75, 3.05) is 4.90 Å². The minimum Gasteiger partial charge on any atom is -0.310 e. The minimum atomic E-state index is -0.138. The number of nitrogens with zero attached hydrogens (tertiary/aromatic N) is 1. The summed E-state index contributed by atoms with van der Waals surface area (Å²) >= 11 is 0. The number of anilines is 3. The molecule has 0 saturated carbocycles. The Morgan fingerprint density at radius 2 is 0.839 bits per heavy atom. The van der Waals surface area contributed by atoms with Gasteiger partial charge in [0.05, 0.1) is 5.69 Å². The average Bonchev–Trinajstić information content (AvgIpc) is 3.49. The van der Waals surface area contributed by atoms with Crippen molar-refractivity contribution < 1.29 is 0 Å². The maximum Gasteiger partial charge on any atom is 0.0540 e. The molecule has 9 aromatic carbocycles. The number of fused-ring (bicyclic) bond motifs is 4. The smallest absolute Gasteiger partial charge is 0.0540 e. The molecule has 1 aliphatic rings. The van der Waals surface area contributed by atoms with Gasteiger partial charge in [-0.25, -0.2) is 0 Å². The molecule has 0 saturated heterocycles. The maximum absolute atomic E-state index is 2.48. The van der Waals surface area contributed by atoms with Gasteiger partial charge in [-0.2, -0.15) is 0 Å². The molecular formula is C55H41N. The van der Waals surface area contributed by atoms with Gasteiger partial charge in [0, 0.05) is 22.4 Å². The van der Waals surface area contributed by atoms with Gasteiger partial charge >= 0.3 is 0 Å². The van der Waals surface area contributed by atoms with E-state index in [4.69, 9.17) is 0 Å². The van der Waals surface area contributed by atoms with Gasteiger partial charge in [-0.05, 0) is 114 Å². The van der Waals surface area contributed by atoms with Crippen LogP contribution in [0.1, 0.15) is 25.0 Å². The molecule has 0 radical (unpaired) electrons. The van der Waals surface area contributed by atoms with Crippen molar-refractivity contribution in [1.29, 1.82) is 0 Å². The third-order valence-electron chi connectivity index (χ3n) is 11.6. The summed E-state index contributed by atoms with van der Waals surface area (Å²) in [6.45, 7) is 4.73. The third kappa shape index (κ3) is 5.81. The first-order valence-corrected chi connectivity index (χ1v) is 19.5. The van der Waals surface area contributed by atoms with Crippen LogP contribution in [0.25, 0.3) is 66.4 Å². The molecule has 0 amide bonds. The summed E-state index contributed by atoms with van der Waals surface area (Å²) in [4.78, 5) is 2.48. The molecule has 56 heavy (non-hydrogen) atoms. The van der Waals surface area contributed by atoms with Crippen LogP contribution in [0.5, 0.6) is 0 Å². The zero-order valence-corrected chi connectivity index (χ0v) is 31.7. The first kappa shape index (κ1) is 33.6. The third-order valence-corrected chi connectivity index (χ3v) is 11.6. The second kappa shape index (κ2) is 13.7. The first-order chi connectivity index (χ1) is 27.5. The van der Waals surface area contributed by atoms with Gasteiger partial charge < -0.3 is 4.90 Å². The van der Waals surface area contributed by atoms with Crippen LogP contribution in [0.15, 0.2) is 212 Å². The molecule has 0 aliphatic heterocycles. The Hall–Kier alpha value is -6.96. The molecular weight excluding hydrogens is 675 g/mol. The Morgan fingerprint density at radius 1 is 0.321 bits per heavy atom. The lowest BCUT2D eigenvalue weighted by Crippen LogP contribution is -2.17. The van der Waals surface area contributed by atoms with E-state index in [0.717, 1.165) is 17.1 Å². The van der Waals surface area contributed by atoms with Crippen molar-refractivity contribution in [2.45, 2.75) is 19.3 Å². The Morgan fingerprint density at radius 3 is 1.59 bits per heavy atom. The van der Waals surface area contributed by atoms with E-state index in [-0.39, 0.29) is 5.41 Å². The molecule has 0 N–H and O–H groups in total. The fourth-order valence-corrected chi connectivity index (χ4v) is 8.84. The first-order valence-electron chi connectivity index (χ1n) is 19.5. The Balaban J connectivity index is 1.21. The molecule has 0 bridgehead atoms. The number of para-hydroxylation sites is 1. The summed E-state index contributed by atoms with van der Waals surface area (Å²) in [5.74, 6) is 0. The summed E-state index contributed by atoms with van der Waals surface area (Å²) in [6.07, 6.45) is 0. The van der Waals surface area contributed by atoms with E-state index in [2.05, 4.69) is 231 Å².